The number of nitrogens with zero attached hydrogens (tertiary/aromatic N) is 2. The molecule has 0 spiro atoms. The van der Waals surface area contributed by atoms with Crippen molar-refractivity contribution in [2.75, 3.05) is 32.7 Å². The first-order chi connectivity index (χ1) is 13.8. The number of hydrogen-bond acceptors (Lipinski definition) is 5. The minimum atomic E-state index is -0.453. The topological polar surface area (TPSA) is 71.1 Å². The Kier molecular flexibility index (Phi) is 7.00. The fourth-order valence-corrected chi connectivity index (χ4v) is 3.55. The van der Waals surface area contributed by atoms with Crippen molar-refractivity contribution >= 4 is 12.2 Å². The molecule has 1 N–H and O–H groups in total. The zero-order chi connectivity index (χ0) is 20.9. The molecule has 0 saturated carbocycles. The number of carbonyl (C=O) groups excluding carboxylic acids is 2. The maximum absolute atomic E-state index is 12.2. The van der Waals surface area contributed by atoms with Crippen molar-refractivity contribution in [3.05, 3.63) is 35.9 Å². The van der Waals surface area contributed by atoms with E-state index in [1.807, 2.05) is 51.1 Å². The number of benzene rings is 1. The molecule has 0 radical (unpaired) electrons. The molecule has 2 aliphatic rings. The fourth-order valence-electron chi connectivity index (χ4n) is 3.55. The molecule has 2 amide bonds. The van der Waals surface area contributed by atoms with E-state index in [0.717, 1.165) is 38.0 Å². The summed E-state index contributed by atoms with van der Waals surface area (Å²) in [5, 5.41) is 3.54. The predicted molar refractivity (Wildman–Crippen MR) is 111 cm³/mol. The Bertz CT molecular complexity index is 675. The molecule has 7 nitrogen and oxygen atoms in total. The first-order valence-corrected chi connectivity index (χ1v) is 10.5. The highest BCUT2D eigenvalue weighted by molar-refractivity contribution is 5.69. The highest BCUT2D eigenvalue weighted by Crippen LogP contribution is 2.19. The van der Waals surface area contributed by atoms with Crippen LogP contribution in [0.15, 0.2) is 30.3 Å². The number of piperidine rings is 1. The Balaban J connectivity index is 1.28. The van der Waals surface area contributed by atoms with Crippen LogP contribution < -0.4 is 5.32 Å². The molecule has 0 bridgehead atoms. The third-order valence-corrected chi connectivity index (χ3v) is 5.31. The quantitative estimate of drug-likeness (QED) is 0.817. The molecule has 0 aromatic heterocycles. The van der Waals surface area contributed by atoms with Gasteiger partial charge in [0.25, 0.3) is 0 Å². The lowest BCUT2D eigenvalue weighted by atomic mass is 9.96. The van der Waals surface area contributed by atoms with Gasteiger partial charge < -0.3 is 24.6 Å². The number of nitrogens with one attached hydrogen (secondary N) is 1. The normalized spacial score (nSPS) is 18.3. The molecule has 29 heavy (non-hydrogen) atoms. The second-order valence-corrected chi connectivity index (χ2v) is 8.96. The van der Waals surface area contributed by atoms with Crippen LogP contribution in [0.1, 0.15) is 39.2 Å². The second kappa shape index (κ2) is 9.48. The summed E-state index contributed by atoms with van der Waals surface area (Å²) in [6.07, 6.45) is 1.47. The van der Waals surface area contributed by atoms with Crippen molar-refractivity contribution in [3.63, 3.8) is 0 Å². The number of rotatable bonds is 5. The largest absolute Gasteiger partial charge is 0.445 e. The fraction of sp³-hybridized carbons (Fsp3) is 0.636. The SMILES string of the molecule is CC(C)(C)OC(=O)N1CC(NCC2CCN(C(=O)OCc3ccccc3)CC2)C1. The lowest BCUT2D eigenvalue weighted by Crippen LogP contribution is -2.61. The van der Waals surface area contributed by atoms with E-state index in [9.17, 15) is 9.59 Å². The van der Waals surface area contributed by atoms with Crippen molar-refractivity contribution in [3.8, 4) is 0 Å². The number of hydrogen-bond donors (Lipinski definition) is 1. The van der Waals surface area contributed by atoms with Crippen LogP contribution in [0.25, 0.3) is 0 Å². The van der Waals surface area contributed by atoms with Crippen LogP contribution in [-0.2, 0) is 16.1 Å². The van der Waals surface area contributed by atoms with Gasteiger partial charge in [-0.15, -0.1) is 0 Å². The van der Waals surface area contributed by atoms with Gasteiger partial charge in [0.05, 0.1) is 0 Å². The highest BCUT2D eigenvalue weighted by Gasteiger charge is 2.34. The Morgan fingerprint density at radius 3 is 2.31 bits per heavy atom. The average Bonchev–Trinajstić information content (AvgIpc) is 2.65. The summed E-state index contributed by atoms with van der Waals surface area (Å²) in [4.78, 5) is 27.7. The van der Waals surface area contributed by atoms with Crippen LogP contribution in [-0.4, -0.2) is 66.4 Å². The number of ether oxygens (including phenoxy) is 2. The van der Waals surface area contributed by atoms with Gasteiger partial charge in [0.2, 0.25) is 0 Å². The maximum atomic E-state index is 12.2. The molecule has 2 aliphatic heterocycles. The summed E-state index contributed by atoms with van der Waals surface area (Å²) in [6.45, 7) is 9.72. The Hall–Kier alpha value is -2.28. The van der Waals surface area contributed by atoms with E-state index >= 15 is 0 Å². The summed E-state index contributed by atoms with van der Waals surface area (Å²) in [6, 6.07) is 10.1. The highest BCUT2D eigenvalue weighted by atomic mass is 16.6. The van der Waals surface area contributed by atoms with Gasteiger partial charge in [0.15, 0.2) is 0 Å². The summed E-state index contributed by atoms with van der Waals surface area (Å²) in [7, 11) is 0. The zero-order valence-electron chi connectivity index (χ0n) is 17.7. The van der Waals surface area contributed by atoms with Crippen LogP contribution >= 0.6 is 0 Å². The van der Waals surface area contributed by atoms with Crippen LogP contribution in [0.5, 0.6) is 0 Å². The van der Waals surface area contributed by atoms with Gasteiger partial charge in [0.1, 0.15) is 12.2 Å². The Morgan fingerprint density at radius 1 is 1.03 bits per heavy atom. The molecule has 0 aliphatic carbocycles. The average molecular weight is 404 g/mol. The molecule has 0 unspecified atom stereocenters. The van der Waals surface area contributed by atoms with Gasteiger partial charge in [-0.2, -0.15) is 0 Å². The first kappa shape index (κ1) is 21.4. The summed E-state index contributed by atoms with van der Waals surface area (Å²) in [5.74, 6) is 0.545. The van der Waals surface area contributed by atoms with Gasteiger partial charge in [-0.25, -0.2) is 9.59 Å². The van der Waals surface area contributed by atoms with Crippen molar-refractivity contribution in [2.24, 2.45) is 5.92 Å². The minimum absolute atomic E-state index is 0.229. The molecule has 3 rings (SSSR count). The van der Waals surface area contributed by atoms with Crippen molar-refractivity contribution in [2.45, 2.75) is 51.9 Å². The molecule has 2 saturated heterocycles. The van der Waals surface area contributed by atoms with E-state index in [0.29, 0.717) is 31.7 Å². The van der Waals surface area contributed by atoms with Gasteiger partial charge in [0, 0.05) is 32.2 Å². The summed E-state index contributed by atoms with van der Waals surface area (Å²) < 4.78 is 10.8. The molecular formula is C22H33N3O4. The number of carbonyl (C=O) groups is 2. The van der Waals surface area contributed by atoms with Gasteiger partial charge >= 0.3 is 12.2 Å². The molecule has 2 heterocycles. The van der Waals surface area contributed by atoms with Gasteiger partial charge in [-0.05, 0) is 51.6 Å². The standard InChI is InChI=1S/C22H33N3O4/c1-22(2,3)29-21(27)25-14-19(15-25)23-13-17-9-11-24(12-10-17)20(26)28-16-18-7-5-4-6-8-18/h4-8,17,19,23H,9-16H2,1-3H3. The van der Waals surface area contributed by atoms with Crippen molar-refractivity contribution < 1.29 is 19.1 Å². The van der Waals surface area contributed by atoms with Crippen molar-refractivity contribution in [1.29, 1.82) is 0 Å². The van der Waals surface area contributed by atoms with Crippen LogP contribution in [0, 0.1) is 5.92 Å². The molecular weight excluding hydrogens is 370 g/mol. The number of likely N-dealkylation sites (tertiary alicyclic amines) is 2. The van der Waals surface area contributed by atoms with E-state index < -0.39 is 5.60 Å². The zero-order valence-corrected chi connectivity index (χ0v) is 17.7. The minimum Gasteiger partial charge on any atom is -0.445 e. The van der Waals surface area contributed by atoms with E-state index in [4.69, 9.17) is 9.47 Å². The smallest absolute Gasteiger partial charge is 0.410 e. The van der Waals surface area contributed by atoms with Crippen LogP contribution in [0.4, 0.5) is 9.59 Å². The van der Waals surface area contributed by atoms with E-state index in [1.54, 1.807) is 9.80 Å². The second-order valence-electron chi connectivity index (χ2n) is 8.96. The monoisotopic (exact) mass is 403 g/mol. The maximum Gasteiger partial charge on any atom is 0.410 e. The molecule has 7 heteroatoms. The van der Waals surface area contributed by atoms with E-state index in [2.05, 4.69) is 5.32 Å². The molecule has 0 atom stereocenters. The molecule has 160 valence electrons. The Morgan fingerprint density at radius 2 is 1.69 bits per heavy atom. The van der Waals surface area contributed by atoms with Crippen molar-refractivity contribution in [1.82, 2.24) is 15.1 Å². The van der Waals surface area contributed by atoms with E-state index in [1.165, 1.54) is 0 Å². The third kappa shape index (κ3) is 6.63. The van der Waals surface area contributed by atoms with Crippen LogP contribution in [0.2, 0.25) is 0 Å². The summed E-state index contributed by atoms with van der Waals surface area (Å²) in [5.41, 5.74) is 0.548. The van der Waals surface area contributed by atoms with E-state index in [-0.39, 0.29) is 12.2 Å². The predicted octanol–water partition coefficient (Wildman–Crippen LogP) is 3.24. The molecule has 1 aromatic rings. The molecule has 2 fully saturated rings. The number of amides is 2. The molecule has 1 aromatic carbocycles. The third-order valence-electron chi connectivity index (χ3n) is 5.31. The summed E-state index contributed by atoms with van der Waals surface area (Å²) >= 11 is 0. The lowest BCUT2D eigenvalue weighted by Gasteiger charge is -2.41. The van der Waals surface area contributed by atoms with Gasteiger partial charge in [-0.1, -0.05) is 30.3 Å². The Labute approximate surface area is 173 Å². The first-order valence-electron chi connectivity index (χ1n) is 10.5. The van der Waals surface area contributed by atoms with Gasteiger partial charge in [-0.3, -0.25) is 0 Å². The van der Waals surface area contributed by atoms with Crippen LogP contribution in [0.3, 0.4) is 0 Å². The lowest BCUT2D eigenvalue weighted by molar-refractivity contribution is 0.00475.